The Bertz CT molecular complexity index is 478. The zero-order valence-corrected chi connectivity index (χ0v) is 12.5. The van der Waals surface area contributed by atoms with Crippen LogP contribution in [0.15, 0.2) is 23.4 Å². The largest absolute Gasteiger partial charge is 0.337 e. The van der Waals surface area contributed by atoms with E-state index in [2.05, 4.69) is 16.4 Å². The maximum absolute atomic E-state index is 11.9. The lowest BCUT2D eigenvalue weighted by Crippen LogP contribution is -2.49. The molecule has 1 rings (SSSR count). The van der Waals surface area contributed by atoms with Crippen LogP contribution >= 0.6 is 11.8 Å². The van der Waals surface area contributed by atoms with Gasteiger partial charge < -0.3 is 5.32 Å². The fraction of sp³-hybridized carbons (Fsp3) is 0.500. The monoisotopic (exact) mass is 277 g/mol. The van der Waals surface area contributed by atoms with Gasteiger partial charge in [0.05, 0.1) is 16.8 Å². The SMILES string of the molecule is Cc1ccc(SCC(=O)NC(C)(C#N)C(C)C)nc1. The lowest BCUT2D eigenvalue weighted by atomic mass is 9.90. The van der Waals surface area contributed by atoms with Crippen molar-refractivity contribution in [3.63, 3.8) is 0 Å². The molecular formula is C14H19N3OS. The molecule has 1 unspecified atom stereocenters. The Kier molecular flexibility index (Phi) is 5.37. The van der Waals surface area contributed by atoms with E-state index in [0.29, 0.717) is 0 Å². The number of nitrogens with zero attached hydrogens (tertiary/aromatic N) is 2. The van der Waals surface area contributed by atoms with Gasteiger partial charge in [0.25, 0.3) is 0 Å². The normalized spacial score (nSPS) is 13.7. The fourth-order valence-electron chi connectivity index (χ4n) is 1.31. The molecular weight excluding hydrogens is 258 g/mol. The predicted octanol–water partition coefficient (Wildman–Crippen LogP) is 2.54. The van der Waals surface area contributed by atoms with Crippen molar-refractivity contribution < 1.29 is 4.79 Å². The molecule has 1 aromatic rings. The standard InChI is InChI=1S/C14H19N3OS/c1-10(2)14(4,9-15)17-12(18)8-19-13-6-5-11(3)7-16-13/h5-7,10H,8H2,1-4H3,(H,17,18). The maximum Gasteiger partial charge on any atom is 0.231 e. The predicted molar refractivity (Wildman–Crippen MR) is 76.7 cm³/mol. The zero-order valence-electron chi connectivity index (χ0n) is 11.7. The highest BCUT2D eigenvalue weighted by molar-refractivity contribution is 7.99. The molecule has 1 N–H and O–H groups in total. The van der Waals surface area contributed by atoms with Gasteiger partial charge in [-0.05, 0) is 31.4 Å². The van der Waals surface area contributed by atoms with E-state index in [1.165, 1.54) is 11.8 Å². The molecule has 102 valence electrons. The number of rotatable bonds is 5. The lowest BCUT2D eigenvalue weighted by Gasteiger charge is -2.27. The highest BCUT2D eigenvalue weighted by atomic mass is 32.2. The molecule has 0 saturated heterocycles. The van der Waals surface area contributed by atoms with Crippen molar-refractivity contribution in [3.8, 4) is 6.07 Å². The average molecular weight is 277 g/mol. The van der Waals surface area contributed by atoms with E-state index >= 15 is 0 Å². The number of nitrogens with one attached hydrogen (secondary N) is 1. The molecule has 5 heteroatoms. The second kappa shape index (κ2) is 6.58. The minimum absolute atomic E-state index is 0.0592. The Balaban J connectivity index is 2.53. The molecule has 0 bridgehead atoms. The van der Waals surface area contributed by atoms with Crippen molar-refractivity contribution in [1.82, 2.24) is 10.3 Å². The van der Waals surface area contributed by atoms with Crippen LogP contribution in [0.3, 0.4) is 0 Å². The number of hydrogen-bond acceptors (Lipinski definition) is 4. The van der Waals surface area contributed by atoms with Gasteiger partial charge in [-0.3, -0.25) is 4.79 Å². The lowest BCUT2D eigenvalue weighted by molar-refractivity contribution is -0.120. The number of carbonyl (C=O) groups excluding carboxylic acids is 1. The van der Waals surface area contributed by atoms with Crippen molar-refractivity contribution in [3.05, 3.63) is 23.9 Å². The number of pyridine rings is 1. The number of aryl methyl sites for hydroxylation is 1. The second-order valence-electron chi connectivity index (χ2n) is 4.98. The van der Waals surface area contributed by atoms with Gasteiger partial charge in [-0.1, -0.05) is 31.7 Å². The first-order valence-corrected chi connectivity index (χ1v) is 7.13. The molecule has 0 fully saturated rings. The molecule has 0 aliphatic carbocycles. The van der Waals surface area contributed by atoms with Crippen LogP contribution in [0, 0.1) is 24.2 Å². The van der Waals surface area contributed by atoms with E-state index in [0.717, 1.165) is 10.6 Å². The minimum atomic E-state index is -0.821. The Morgan fingerprint density at radius 1 is 1.58 bits per heavy atom. The number of carbonyl (C=O) groups is 1. The quantitative estimate of drug-likeness (QED) is 0.840. The molecule has 1 amide bonds. The summed E-state index contributed by atoms with van der Waals surface area (Å²) in [6.07, 6.45) is 1.77. The van der Waals surface area contributed by atoms with Gasteiger partial charge in [0.2, 0.25) is 5.91 Å². The van der Waals surface area contributed by atoms with Gasteiger partial charge in [-0.25, -0.2) is 4.98 Å². The molecule has 0 aromatic carbocycles. The highest BCUT2D eigenvalue weighted by Crippen LogP contribution is 2.18. The van der Waals surface area contributed by atoms with E-state index < -0.39 is 5.54 Å². The Hall–Kier alpha value is -1.54. The summed E-state index contributed by atoms with van der Waals surface area (Å²) < 4.78 is 0. The van der Waals surface area contributed by atoms with Crippen LogP contribution in [-0.2, 0) is 4.79 Å². The summed E-state index contributed by atoms with van der Waals surface area (Å²) >= 11 is 1.37. The van der Waals surface area contributed by atoms with Crippen molar-refractivity contribution >= 4 is 17.7 Å². The summed E-state index contributed by atoms with van der Waals surface area (Å²) in [6, 6.07) is 6.00. The van der Waals surface area contributed by atoms with E-state index in [4.69, 9.17) is 5.26 Å². The van der Waals surface area contributed by atoms with Crippen LogP contribution in [0.1, 0.15) is 26.3 Å². The van der Waals surface area contributed by atoms with E-state index in [-0.39, 0.29) is 17.6 Å². The third-order valence-electron chi connectivity index (χ3n) is 3.02. The van der Waals surface area contributed by atoms with Crippen LogP contribution in [0.25, 0.3) is 0 Å². The summed E-state index contributed by atoms with van der Waals surface area (Å²) in [7, 11) is 0. The van der Waals surface area contributed by atoms with E-state index in [1.807, 2.05) is 32.9 Å². The maximum atomic E-state index is 11.9. The fourth-order valence-corrected chi connectivity index (χ4v) is 1.95. The second-order valence-corrected chi connectivity index (χ2v) is 5.98. The Labute approximate surface area is 118 Å². The van der Waals surface area contributed by atoms with Crippen LogP contribution in [0.5, 0.6) is 0 Å². The van der Waals surface area contributed by atoms with Gasteiger partial charge in [0, 0.05) is 6.20 Å². The van der Waals surface area contributed by atoms with Crippen LogP contribution in [0.4, 0.5) is 0 Å². The first-order valence-electron chi connectivity index (χ1n) is 6.15. The topological polar surface area (TPSA) is 65.8 Å². The first kappa shape index (κ1) is 15.5. The molecule has 19 heavy (non-hydrogen) atoms. The summed E-state index contributed by atoms with van der Waals surface area (Å²) in [6.45, 7) is 7.54. The van der Waals surface area contributed by atoms with Gasteiger partial charge >= 0.3 is 0 Å². The summed E-state index contributed by atoms with van der Waals surface area (Å²) in [5.41, 5.74) is 0.267. The molecule has 0 radical (unpaired) electrons. The highest BCUT2D eigenvalue weighted by Gasteiger charge is 2.29. The Morgan fingerprint density at radius 2 is 2.26 bits per heavy atom. The number of nitriles is 1. The van der Waals surface area contributed by atoms with Gasteiger partial charge in [-0.2, -0.15) is 5.26 Å². The summed E-state index contributed by atoms with van der Waals surface area (Å²) in [4.78, 5) is 16.1. The molecule has 1 aromatic heterocycles. The number of aromatic nitrogens is 1. The number of hydrogen-bond donors (Lipinski definition) is 1. The van der Waals surface area contributed by atoms with Crippen molar-refractivity contribution in [2.75, 3.05) is 5.75 Å². The van der Waals surface area contributed by atoms with Crippen LogP contribution < -0.4 is 5.32 Å². The van der Waals surface area contributed by atoms with E-state index in [1.54, 1.807) is 13.1 Å². The van der Waals surface area contributed by atoms with E-state index in [9.17, 15) is 4.79 Å². The van der Waals surface area contributed by atoms with Crippen molar-refractivity contribution in [2.45, 2.75) is 38.3 Å². The third kappa shape index (κ3) is 4.56. The molecule has 0 saturated carbocycles. The molecule has 0 aliphatic rings. The van der Waals surface area contributed by atoms with Crippen molar-refractivity contribution in [1.29, 1.82) is 5.26 Å². The molecule has 0 aliphatic heterocycles. The number of amides is 1. The average Bonchev–Trinajstić information content (AvgIpc) is 2.37. The van der Waals surface area contributed by atoms with Crippen LogP contribution in [-0.4, -0.2) is 22.2 Å². The van der Waals surface area contributed by atoms with Gasteiger partial charge in [0.1, 0.15) is 5.54 Å². The molecule has 1 heterocycles. The Morgan fingerprint density at radius 3 is 2.74 bits per heavy atom. The van der Waals surface area contributed by atoms with Crippen LogP contribution in [0.2, 0.25) is 0 Å². The zero-order chi connectivity index (χ0) is 14.5. The minimum Gasteiger partial charge on any atom is -0.337 e. The number of thioether (sulfide) groups is 1. The summed E-state index contributed by atoms with van der Waals surface area (Å²) in [5.74, 6) is 0.175. The molecule has 0 spiro atoms. The smallest absolute Gasteiger partial charge is 0.231 e. The third-order valence-corrected chi connectivity index (χ3v) is 3.97. The first-order chi connectivity index (χ1) is 8.87. The molecule has 4 nitrogen and oxygen atoms in total. The summed E-state index contributed by atoms with van der Waals surface area (Å²) in [5, 5.41) is 12.7. The van der Waals surface area contributed by atoms with Crippen molar-refractivity contribution in [2.24, 2.45) is 5.92 Å². The molecule has 1 atom stereocenters. The van der Waals surface area contributed by atoms with Gasteiger partial charge in [-0.15, -0.1) is 0 Å². The van der Waals surface area contributed by atoms with Gasteiger partial charge in [0.15, 0.2) is 0 Å².